The van der Waals surface area contributed by atoms with Crippen molar-refractivity contribution in [3.05, 3.63) is 58.4 Å². The molecule has 1 aromatic rings. The molecule has 0 saturated carbocycles. The van der Waals surface area contributed by atoms with Crippen LogP contribution < -0.4 is 0 Å². The molecule has 0 heterocycles. The van der Waals surface area contributed by atoms with E-state index in [0.29, 0.717) is 0 Å². The van der Waals surface area contributed by atoms with E-state index < -0.39 is 12.4 Å². The Hall–Kier alpha value is -1.67. The first-order valence-corrected chi connectivity index (χ1v) is 7.88. The van der Waals surface area contributed by atoms with Crippen molar-refractivity contribution in [2.45, 2.75) is 40.0 Å². The smallest absolute Gasteiger partial charge is 0.126 e. The van der Waals surface area contributed by atoms with E-state index in [0.717, 1.165) is 11.1 Å². The predicted molar refractivity (Wildman–Crippen MR) is 92.0 cm³/mol. The van der Waals surface area contributed by atoms with Crippen LogP contribution in [0.15, 0.2) is 47.3 Å². The Bertz CT molecular complexity index is 620. The van der Waals surface area contributed by atoms with E-state index in [9.17, 15) is 4.39 Å². The fraction of sp³-hybridized carbons (Fsp3) is 0.400. The van der Waals surface area contributed by atoms with Crippen molar-refractivity contribution >= 4 is 12.2 Å². The number of halogens is 1. The second-order valence-electron chi connectivity index (χ2n) is 6.68. The highest BCUT2D eigenvalue weighted by Crippen LogP contribution is 2.40. The molecule has 1 nitrogen and oxygen atoms in total. The number of hydrogen-bond acceptors (Lipinski definition) is 1. The van der Waals surface area contributed by atoms with Gasteiger partial charge in [-0.1, -0.05) is 49.8 Å². The van der Waals surface area contributed by atoms with Crippen molar-refractivity contribution in [3.8, 4) is 0 Å². The SMILES string of the molecule is CC1=C(/C=C/c2cccc(/C=C(/F)CO)c2)C(C)(C)CCC1. The van der Waals surface area contributed by atoms with Gasteiger partial charge >= 0.3 is 0 Å². The standard InChI is InChI=1S/C20H25FO/c1-15-6-5-11-20(2,3)19(15)10-9-16-7-4-8-17(12-16)13-18(21)14-22/h4,7-10,12-13,22H,5-6,11,14H2,1-3H3/b10-9+,18-13+. The molecule has 0 aromatic heterocycles. The second kappa shape index (κ2) is 7.06. The van der Waals surface area contributed by atoms with Crippen LogP contribution in [0, 0.1) is 5.41 Å². The summed E-state index contributed by atoms with van der Waals surface area (Å²) in [6, 6.07) is 7.68. The van der Waals surface area contributed by atoms with Gasteiger partial charge in [-0.25, -0.2) is 4.39 Å². The van der Waals surface area contributed by atoms with Crippen LogP contribution in [0.3, 0.4) is 0 Å². The minimum absolute atomic E-state index is 0.222. The lowest BCUT2D eigenvalue weighted by Gasteiger charge is -2.32. The molecular formula is C20H25FO. The maximum Gasteiger partial charge on any atom is 0.126 e. The summed E-state index contributed by atoms with van der Waals surface area (Å²) in [7, 11) is 0. The quantitative estimate of drug-likeness (QED) is 0.775. The van der Waals surface area contributed by atoms with E-state index >= 15 is 0 Å². The summed E-state index contributed by atoms with van der Waals surface area (Å²) in [5.41, 5.74) is 4.92. The first-order chi connectivity index (χ1) is 10.4. The highest BCUT2D eigenvalue weighted by atomic mass is 19.1. The number of rotatable bonds is 4. The van der Waals surface area contributed by atoms with Gasteiger partial charge in [-0.15, -0.1) is 0 Å². The van der Waals surface area contributed by atoms with Gasteiger partial charge in [0.2, 0.25) is 0 Å². The molecule has 0 radical (unpaired) electrons. The number of aliphatic hydroxyl groups is 1. The molecule has 118 valence electrons. The van der Waals surface area contributed by atoms with E-state index in [-0.39, 0.29) is 5.41 Å². The van der Waals surface area contributed by atoms with Gasteiger partial charge in [-0.2, -0.15) is 0 Å². The Labute approximate surface area is 132 Å². The van der Waals surface area contributed by atoms with Crippen LogP contribution in [0.25, 0.3) is 12.2 Å². The van der Waals surface area contributed by atoms with Crippen LogP contribution in [0.4, 0.5) is 4.39 Å². The van der Waals surface area contributed by atoms with Gasteiger partial charge in [0.05, 0.1) is 6.61 Å². The van der Waals surface area contributed by atoms with Crippen LogP contribution >= 0.6 is 0 Å². The molecule has 0 saturated heterocycles. The van der Waals surface area contributed by atoms with Crippen LogP contribution in [0.5, 0.6) is 0 Å². The molecule has 1 aliphatic carbocycles. The zero-order valence-corrected chi connectivity index (χ0v) is 13.7. The largest absolute Gasteiger partial charge is 0.389 e. The summed E-state index contributed by atoms with van der Waals surface area (Å²) >= 11 is 0. The molecule has 2 rings (SSSR count). The second-order valence-corrected chi connectivity index (χ2v) is 6.68. The number of aliphatic hydroxyl groups excluding tert-OH is 1. The molecule has 0 aliphatic heterocycles. The van der Waals surface area contributed by atoms with Crippen LogP contribution in [-0.4, -0.2) is 11.7 Å². The molecule has 1 aliphatic rings. The summed E-state index contributed by atoms with van der Waals surface area (Å²) in [6.45, 7) is 6.26. The highest BCUT2D eigenvalue weighted by molar-refractivity contribution is 5.60. The molecule has 2 heteroatoms. The summed E-state index contributed by atoms with van der Waals surface area (Å²) in [6.07, 6.45) is 9.32. The minimum atomic E-state index is -0.555. The van der Waals surface area contributed by atoms with E-state index in [2.05, 4.69) is 32.9 Å². The molecule has 0 amide bonds. The molecule has 0 unspecified atom stereocenters. The van der Waals surface area contributed by atoms with Gasteiger partial charge in [0.25, 0.3) is 0 Å². The monoisotopic (exact) mass is 300 g/mol. The Kier molecular flexibility index (Phi) is 5.36. The number of allylic oxidation sites excluding steroid dienone is 3. The zero-order valence-electron chi connectivity index (χ0n) is 13.7. The molecule has 0 atom stereocenters. The Balaban J connectivity index is 2.25. The molecule has 22 heavy (non-hydrogen) atoms. The van der Waals surface area contributed by atoms with Crippen molar-refractivity contribution in [3.63, 3.8) is 0 Å². The van der Waals surface area contributed by atoms with Gasteiger partial charge in [0.15, 0.2) is 0 Å². The number of hydrogen-bond donors (Lipinski definition) is 1. The Morgan fingerprint density at radius 3 is 2.68 bits per heavy atom. The minimum Gasteiger partial charge on any atom is -0.389 e. The van der Waals surface area contributed by atoms with Crippen LogP contribution in [-0.2, 0) is 0 Å². The van der Waals surface area contributed by atoms with Crippen molar-refractivity contribution in [2.75, 3.05) is 6.61 Å². The summed E-state index contributed by atoms with van der Waals surface area (Å²) in [5, 5.41) is 8.76. The highest BCUT2D eigenvalue weighted by Gasteiger charge is 2.26. The first kappa shape index (κ1) is 16.7. The molecular weight excluding hydrogens is 275 g/mol. The van der Waals surface area contributed by atoms with Gasteiger partial charge < -0.3 is 5.11 Å². The third-order valence-electron chi connectivity index (χ3n) is 4.37. The molecule has 0 spiro atoms. The summed E-state index contributed by atoms with van der Waals surface area (Å²) < 4.78 is 13.2. The van der Waals surface area contributed by atoms with E-state index in [1.54, 1.807) is 0 Å². The maximum atomic E-state index is 13.2. The maximum absolute atomic E-state index is 13.2. The average molecular weight is 300 g/mol. The predicted octanol–water partition coefficient (Wildman–Crippen LogP) is 5.53. The van der Waals surface area contributed by atoms with Gasteiger partial charge in [0, 0.05) is 0 Å². The summed E-state index contributed by atoms with van der Waals surface area (Å²) in [5.74, 6) is -0.520. The third-order valence-corrected chi connectivity index (χ3v) is 4.37. The van der Waals surface area contributed by atoms with Gasteiger partial charge in [-0.3, -0.25) is 0 Å². The average Bonchev–Trinajstić information content (AvgIpc) is 2.46. The molecule has 0 fully saturated rings. The van der Waals surface area contributed by atoms with Gasteiger partial charge in [-0.05, 0) is 60.4 Å². The lowest BCUT2D eigenvalue weighted by atomic mass is 9.72. The van der Waals surface area contributed by atoms with E-state index in [1.807, 2.05) is 24.3 Å². The first-order valence-electron chi connectivity index (χ1n) is 7.88. The fourth-order valence-corrected chi connectivity index (χ4v) is 3.17. The summed E-state index contributed by atoms with van der Waals surface area (Å²) in [4.78, 5) is 0. The third kappa shape index (κ3) is 4.17. The lowest BCUT2D eigenvalue weighted by molar-refractivity contribution is 0.300. The van der Waals surface area contributed by atoms with Gasteiger partial charge in [0.1, 0.15) is 5.83 Å². The molecule has 0 bridgehead atoms. The molecule has 1 aromatic carbocycles. The number of benzene rings is 1. The zero-order chi connectivity index (χ0) is 16.2. The lowest BCUT2D eigenvalue weighted by Crippen LogP contribution is -2.18. The van der Waals surface area contributed by atoms with E-state index in [4.69, 9.17) is 5.11 Å². The van der Waals surface area contributed by atoms with Crippen molar-refractivity contribution in [2.24, 2.45) is 5.41 Å². The van der Waals surface area contributed by atoms with Crippen LogP contribution in [0.2, 0.25) is 0 Å². The van der Waals surface area contributed by atoms with Crippen LogP contribution in [0.1, 0.15) is 51.2 Å². The normalized spacial score (nSPS) is 19.0. The van der Waals surface area contributed by atoms with Crippen molar-refractivity contribution in [1.29, 1.82) is 0 Å². The fourth-order valence-electron chi connectivity index (χ4n) is 3.17. The Morgan fingerprint density at radius 2 is 2.00 bits per heavy atom. The van der Waals surface area contributed by atoms with E-state index in [1.165, 1.54) is 36.5 Å². The Morgan fingerprint density at radius 1 is 1.27 bits per heavy atom. The van der Waals surface area contributed by atoms with Crippen molar-refractivity contribution in [1.82, 2.24) is 0 Å². The molecule has 1 N–H and O–H groups in total. The van der Waals surface area contributed by atoms with Crippen molar-refractivity contribution < 1.29 is 9.50 Å². The topological polar surface area (TPSA) is 20.2 Å².